The highest BCUT2D eigenvalue weighted by Crippen LogP contribution is 2.77. The Kier molecular flexibility index (Phi) is 10.9. The number of benzene rings is 1. The van der Waals surface area contributed by atoms with Crippen molar-refractivity contribution in [2.45, 2.75) is 145 Å². The van der Waals surface area contributed by atoms with Crippen LogP contribution in [0.25, 0.3) is 0 Å². The molecule has 9 heteroatoms. The molecule has 304 valence electrons. The van der Waals surface area contributed by atoms with Crippen LogP contribution in [0, 0.1) is 56.2 Å². The summed E-state index contributed by atoms with van der Waals surface area (Å²) in [4.78, 5) is 53.3. The van der Waals surface area contributed by atoms with Gasteiger partial charge in [-0.2, -0.15) is 0 Å². The minimum Gasteiger partial charge on any atom is -0.481 e. The molecule has 0 aromatic heterocycles. The van der Waals surface area contributed by atoms with Gasteiger partial charge in [-0.15, -0.1) is 0 Å². The molecule has 4 N–H and O–H groups in total. The number of primary amides is 1. The van der Waals surface area contributed by atoms with E-state index in [2.05, 4.69) is 48.5 Å². The summed E-state index contributed by atoms with van der Waals surface area (Å²) in [7, 11) is 0. The molecule has 5 aliphatic carbocycles. The Morgan fingerprint density at radius 3 is 2.22 bits per heavy atom. The van der Waals surface area contributed by atoms with Crippen molar-refractivity contribution in [2.75, 3.05) is 13.1 Å². The van der Waals surface area contributed by atoms with Crippen LogP contribution in [0.1, 0.15) is 132 Å². The summed E-state index contributed by atoms with van der Waals surface area (Å²) in [5, 5.41) is 22.1. The van der Waals surface area contributed by atoms with Gasteiger partial charge in [0.15, 0.2) is 5.78 Å². The lowest BCUT2D eigenvalue weighted by Crippen LogP contribution is -2.66. The van der Waals surface area contributed by atoms with Crippen LogP contribution >= 0.6 is 0 Å². The zero-order valence-electron chi connectivity index (χ0n) is 35.0. The van der Waals surface area contributed by atoms with E-state index in [-0.39, 0.29) is 64.9 Å². The van der Waals surface area contributed by atoms with Gasteiger partial charge in [0.25, 0.3) is 0 Å². The van der Waals surface area contributed by atoms with Gasteiger partial charge >= 0.3 is 11.9 Å². The first kappa shape index (κ1) is 41.6. The van der Waals surface area contributed by atoms with Crippen LogP contribution in [0.4, 0.5) is 0 Å². The Morgan fingerprint density at radius 2 is 1.60 bits per heavy atom. The minimum absolute atomic E-state index is 0.00454. The molecule has 0 spiro atoms. The quantitative estimate of drug-likeness (QED) is 0.184. The van der Waals surface area contributed by atoms with E-state index in [9.17, 15) is 29.4 Å². The average Bonchev–Trinajstić information content (AvgIpc) is 3.39. The Morgan fingerprint density at radius 1 is 0.927 bits per heavy atom. The SMILES string of the molecule is CC(C)C1=C2C3CCC4C5(C)CCC(OC(=O)CC(C)(C)C(=O)O)C(C)(C)C5CCC4(C)C3(C)CCC2(C(O)CN(CC(N)=O)Cc2ccccc2)CC1=O. The van der Waals surface area contributed by atoms with Gasteiger partial charge in [0.05, 0.1) is 24.5 Å². The lowest BCUT2D eigenvalue weighted by molar-refractivity contribution is -0.235. The monoisotopic (exact) mass is 761 g/mol. The van der Waals surface area contributed by atoms with Gasteiger partial charge in [-0.25, -0.2) is 0 Å². The lowest BCUT2D eigenvalue weighted by atomic mass is 9.33. The average molecular weight is 761 g/mol. The van der Waals surface area contributed by atoms with E-state index in [1.54, 1.807) is 13.8 Å². The number of rotatable bonds is 12. The van der Waals surface area contributed by atoms with Crippen LogP contribution in [-0.2, 0) is 30.5 Å². The standard InChI is InChI=1S/C46H68N2O7/c1-28(2)38-31(49)23-46(34(50)26-48(27-36(47)51)25-29-13-11-10-12-14-29)22-21-44(8)30(39(38)46)15-16-33-43(7)19-18-35(55-37(52)24-41(3,4)40(53)54)42(5,6)32(43)17-20-45(33,44)9/h10-14,28,30,32-35,50H,15-27H2,1-9H3,(H2,47,51)(H,53,54). The number of amides is 1. The van der Waals surface area contributed by atoms with E-state index >= 15 is 0 Å². The summed E-state index contributed by atoms with van der Waals surface area (Å²) < 4.78 is 6.17. The summed E-state index contributed by atoms with van der Waals surface area (Å²) in [5.74, 6) is -0.720. The molecule has 0 saturated heterocycles. The number of carboxylic acids is 1. The third kappa shape index (κ3) is 6.81. The Labute approximate surface area is 329 Å². The molecule has 5 aliphatic rings. The normalized spacial score (nSPS) is 36.1. The lowest BCUT2D eigenvalue weighted by Gasteiger charge is -2.72. The van der Waals surface area contributed by atoms with Crippen LogP contribution < -0.4 is 5.73 Å². The smallest absolute Gasteiger partial charge is 0.309 e. The summed E-state index contributed by atoms with van der Waals surface area (Å²) in [6.45, 7) is 20.2. The van der Waals surface area contributed by atoms with Crippen molar-refractivity contribution >= 4 is 23.6 Å². The van der Waals surface area contributed by atoms with E-state index in [1.807, 2.05) is 35.2 Å². The van der Waals surface area contributed by atoms with Crippen molar-refractivity contribution in [1.29, 1.82) is 0 Å². The van der Waals surface area contributed by atoms with Crippen LogP contribution in [0.5, 0.6) is 0 Å². The number of allylic oxidation sites excluding steroid dienone is 1. The number of Topliss-reactive ketones (excluding diaryl/α,β-unsaturated/α-hetero) is 1. The first-order chi connectivity index (χ1) is 25.5. The largest absolute Gasteiger partial charge is 0.481 e. The molecular weight excluding hydrogens is 693 g/mol. The van der Waals surface area contributed by atoms with Crippen molar-refractivity contribution in [3.63, 3.8) is 0 Å². The van der Waals surface area contributed by atoms with Gasteiger partial charge in [0.2, 0.25) is 5.91 Å². The predicted molar refractivity (Wildman–Crippen MR) is 212 cm³/mol. The summed E-state index contributed by atoms with van der Waals surface area (Å²) in [5.41, 5.74) is 6.72. The number of ketones is 1. The second-order valence-corrected chi connectivity index (χ2v) is 20.7. The van der Waals surface area contributed by atoms with E-state index in [0.717, 1.165) is 62.5 Å². The number of nitrogens with two attached hydrogens (primary N) is 1. The second-order valence-electron chi connectivity index (χ2n) is 20.7. The summed E-state index contributed by atoms with van der Waals surface area (Å²) >= 11 is 0. The van der Waals surface area contributed by atoms with Crippen molar-refractivity contribution < 1.29 is 34.1 Å². The summed E-state index contributed by atoms with van der Waals surface area (Å²) in [6, 6.07) is 9.94. The van der Waals surface area contributed by atoms with Gasteiger partial charge in [-0.3, -0.25) is 24.1 Å². The van der Waals surface area contributed by atoms with Crippen molar-refractivity contribution in [3.8, 4) is 0 Å². The van der Waals surface area contributed by atoms with Crippen molar-refractivity contribution in [1.82, 2.24) is 4.90 Å². The predicted octanol–water partition coefficient (Wildman–Crippen LogP) is 7.73. The van der Waals surface area contributed by atoms with Crippen LogP contribution in [-0.4, -0.2) is 64.0 Å². The molecule has 6 rings (SSSR count). The number of aliphatic hydroxyl groups is 1. The van der Waals surface area contributed by atoms with Gasteiger partial charge in [0.1, 0.15) is 6.10 Å². The number of carboxylic acid groups (broad SMARTS) is 1. The Hall–Kier alpha value is -3.04. The van der Waals surface area contributed by atoms with E-state index < -0.39 is 34.8 Å². The number of aliphatic hydroxyl groups excluding tert-OH is 1. The summed E-state index contributed by atoms with van der Waals surface area (Å²) in [6.07, 6.45) is 6.47. The number of hydrogen-bond donors (Lipinski definition) is 3. The highest BCUT2D eigenvalue weighted by molar-refractivity contribution is 6.00. The maximum Gasteiger partial charge on any atom is 0.309 e. The van der Waals surface area contributed by atoms with Crippen LogP contribution in [0.15, 0.2) is 41.5 Å². The van der Waals surface area contributed by atoms with Crippen molar-refractivity contribution in [2.24, 2.45) is 61.9 Å². The fourth-order valence-corrected chi connectivity index (χ4v) is 13.6. The number of carbonyl (C=O) groups excluding carboxylic acids is 3. The third-order valence-electron chi connectivity index (χ3n) is 16.6. The fraction of sp³-hybridized carbons (Fsp3) is 0.739. The number of hydrogen-bond acceptors (Lipinski definition) is 7. The molecule has 9 nitrogen and oxygen atoms in total. The maximum absolute atomic E-state index is 14.2. The molecule has 9 unspecified atom stereocenters. The van der Waals surface area contributed by atoms with Crippen LogP contribution in [0.3, 0.4) is 0 Å². The van der Waals surface area contributed by atoms with Gasteiger partial charge in [-0.1, -0.05) is 84.4 Å². The number of fused-ring (bicyclic) bond motifs is 7. The molecule has 1 aromatic carbocycles. The molecule has 0 heterocycles. The fourth-order valence-electron chi connectivity index (χ4n) is 13.6. The molecule has 4 saturated carbocycles. The zero-order chi connectivity index (χ0) is 40.5. The topological polar surface area (TPSA) is 147 Å². The molecule has 0 aliphatic heterocycles. The highest BCUT2D eigenvalue weighted by atomic mass is 16.5. The first-order valence-corrected chi connectivity index (χ1v) is 21.0. The number of nitrogens with zero attached hydrogens (tertiary/aromatic N) is 1. The molecule has 9 atom stereocenters. The Balaban J connectivity index is 1.29. The molecule has 4 fully saturated rings. The first-order valence-electron chi connectivity index (χ1n) is 21.0. The molecule has 55 heavy (non-hydrogen) atoms. The highest BCUT2D eigenvalue weighted by Gasteiger charge is 2.71. The van der Waals surface area contributed by atoms with Gasteiger partial charge in [-0.05, 0) is 116 Å². The van der Waals surface area contributed by atoms with Crippen LogP contribution in [0.2, 0.25) is 0 Å². The number of aliphatic carboxylic acids is 1. The van der Waals surface area contributed by atoms with Crippen molar-refractivity contribution in [3.05, 3.63) is 47.0 Å². The number of esters is 1. The molecule has 0 radical (unpaired) electrons. The van der Waals surface area contributed by atoms with Gasteiger partial charge in [0, 0.05) is 30.3 Å². The zero-order valence-corrected chi connectivity index (χ0v) is 35.0. The Bertz CT molecular complexity index is 1720. The number of ether oxygens (including phenoxy) is 1. The second kappa shape index (κ2) is 14.4. The molecule has 0 bridgehead atoms. The molecule has 1 aromatic rings. The maximum atomic E-state index is 14.2. The minimum atomic E-state index is -1.18. The number of carbonyl (C=O) groups is 4. The van der Waals surface area contributed by atoms with E-state index in [1.165, 1.54) is 5.57 Å². The van der Waals surface area contributed by atoms with Gasteiger partial charge < -0.3 is 20.7 Å². The van der Waals surface area contributed by atoms with E-state index in [0.29, 0.717) is 24.8 Å². The molecule has 1 amide bonds. The molecular formula is C46H68N2O7. The third-order valence-corrected chi connectivity index (χ3v) is 16.6. The van der Waals surface area contributed by atoms with E-state index in [4.69, 9.17) is 10.5 Å².